The average Bonchev–Trinajstić information content (AvgIpc) is 3.17. The molecule has 1 aliphatic heterocycles. The van der Waals surface area contributed by atoms with Gasteiger partial charge in [0.05, 0.1) is 13.2 Å². The van der Waals surface area contributed by atoms with E-state index in [9.17, 15) is 13.6 Å². The van der Waals surface area contributed by atoms with E-state index in [1.165, 1.54) is 12.1 Å². The van der Waals surface area contributed by atoms with E-state index in [4.69, 9.17) is 4.74 Å². The summed E-state index contributed by atoms with van der Waals surface area (Å²) in [7, 11) is 1.63. The van der Waals surface area contributed by atoms with Crippen LogP contribution in [0, 0.1) is 0 Å². The van der Waals surface area contributed by atoms with Gasteiger partial charge in [-0.05, 0) is 54.7 Å². The van der Waals surface area contributed by atoms with Gasteiger partial charge in [0.25, 0.3) is 0 Å². The molecule has 1 unspecified atom stereocenters. The van der Waals surface area contributed by atoms with Gasteiger partial charge in [-0.3, -0.25) is 4.79 Å². The fourth-order valence-corrected chi connectivity index (χ4v) is 3.47. The molecule has 27 heavy (non-hydrogen) atoms. The summed E-state index contributed by atoms with van der Waals surface area (Å²) in [4.78, 5) is 14.7. The van der Waals surface area contributed by atoms with Crippen molar-refractivity contribution in [1.29, 1.82) is 0 Å². The van der Waals surface area contributed by atoms with E-state index < -0.39 is 6.61 Å². The van der Waals surface area contributed by atoms with Crippen LogP contribution in [-0.4, -0.2) is 31.1 Å². The van der Waals surface area contributed by atoms with Crippen molar-refractivity contribution >= 4 is 5.91 Å². The summed E-state index contributed by atoms with van der Waals surface area (Å²) >= 11 is 0. The molecule has 0 radical (unpaired) electrons. The minimum atomic E-state index is -2.83. The molecule has 2 aromatic carbocycles. The Balaban J connectivity index is 1.57. The number of hydrogen-bond acceptors (Lipinski definition) is 3. The van der Waals surface area contributed by atoms with Crippen LogP contribution in [0.2, 0.25) is 0 Å². The summed E-state index contributed by atoms with van der Waals surface area (Å²) in [6, 6.07) is 14.4. The van der Waals surface area contributed by atoms with Crippen molar-refractivity contribution in [3.63, 3.8) is 0 Å². The molecular weight excluding hydrogens is 352 g/mol. The Bertz CT molecular complexity index is 747. The van der Waals surface area contributed by atoms with E-state index in [-0.39, 0.29) is 17.7 Å². The molecule has 0 N–H and O–H groups in total. The smallest absolute Gasteiger partial charge is 0.387 e. The molecule has 1 heterocycles. The molecule has 0 spiro atoms. The molecule has 0 aliphatic carbocycles. The van der Waals surface area contributed by atoms with Crippen LogP contribution in [0.3, 0.4) is 0 Å². The minimum Gasteiger partial charge on any atom is -0.497 e. The number of methoxy groups -OCH3 is 1. The van der Waals surface area contributed by atoms with E-state index in [1.54, 1.807) is 19.2 Å². The number of benzene rings is 2. The number of carbonyl (C=O) groups is 1. The lowest BCUT2D eigenvalue weighted by atomic mass is 10.0. The van der Waals surface area contributed by atoms with Crippen molar-refractivity contribution in [2.75, 3.05) is 13.7 Å². The van der Waals surface area contributed by atoms with Crippen LogP contribution in [0.1, 0.15) is 36.4 Å². The van der Waals surface area contributed by atoms with Gasteiger partial charge in [0, 0.05) is 13.0 Å². The lowest BCUT2D eigenvalue weighted by Crippen LogP contribution is -2.30. The molecule has 144 valence electrons. The average molecular weight is 375 g/mol. The number of rotatable bonds is 7. The third-order valence-corrected chi connectivity index (χ3v) is 4.85. The largest absolute Gasteiger partial charge is 0.497 e. The molecule has 0 saturated carbocycles. The summed E-state index contributed by atoms with van der Waals surface area (Å²) in [6.07, 6.45) is 2.90. The topological polar surface area (TPSA) is 38.8 Å². The zero-order valence-electron chi connectivity index (χ0n) is 15.2. The Morgan fingerprint density at radius 2 is 1.78 bits per heavy atom. The number of likely N-dealkylation sites (tertiary alicyclic amines) is 1. The van der Waals surface area contributed by atoms with E-state index in [0.717, 1.165) is 36.3 Å². The van der Waals surface area contributed by atoms with Gasteiger partial charge in [-0.2, -0.15) is 8.78 Å². The number of amides is 1. The highest BCUT2D eigenvalue weighted by Gasteiger charge is 2.29. The summed E-state index contributed by atoms with van der Waals surface area (Å²) in [6.45, 7) is -2.07. The molecule has 0 aromatic heterocycles. The van der Waals surface area contributed by atoms with Crippen LogP contribution < -0.4 is 9.47 Å². The van der Waals surface area contributed by atoms with E-state index in [0.29, 0.717) is 12.8 Å². The van der Waals surface area contributed by atoms with Crippen LogP contribution in [0.4, 0.5) is 8.78 Å². The molecule has 1 aliphatic rings. The second-order valence-electron chi connectivity index (χ2n) is 6.54. The van der Waals surface area contributed by atoms with Gasteiger partial charge in [-0.1, -0.05) is 24.3 Å². The standard InChI is InChI=1S/C21H23F2NO3/c1-26-17-11-7-16(8-12-17)19-3-2-14-24(19)20(25)13-6-15-4-9-18(10-5-15)27-21(22)23/h4-5,7-12,19,21H,2-3,6,13-14H2,1H3. The summed E-state index contributed by atoms with van der Waals surface area (Å²) in [5.74, 6) is 1.04. The van der Waals surface area contributed by atoms with Crippen LogP contribution in [0.15, 0.2) is 48.5 Å². The fourth-order valence-electron chi connectivity index (χ4n) is 3.47. The van der Waals surface area contributed by atoms with Gasteiger partial charge >= 0.3 is 6.61 Å². The van der Waals surface area contributed by atoms with Gasteiger partial charge in [0.15, 0.2) is 0 Å². The monoisotopic (exact) mass is 375 g/mol. The predicted molar refractivity (Wildman–Crippen MR) is 98.1 cm³/mol. The maximum Gasteiger partial charge on any atom is 0.387 e. The van der Waals surface area contributed by atoms with E-state index in [1.807, 2.05) is 29.2 Å². The number of ether oxygens (including phenoxy) is 2. The van der Waals surface area contributed by atoms with Gasteiger partial charge in [0.1, 0.15) is 11.5 Å². The number of hydrogen-bond donors (Lipinski definition) is 0. The molecule has 1 fully saturated rings. The highest BCUT2D eigenvalue weighted by atomic mass is 19.3. The van der Waals surface area contributed by atoms with Gasteiger partial charge < -0.3 is 14.4 Å². The Morgan fingerprint density at radius 1 is 1.11 bits per heavy atom. The molecule has 0 bridgehead atoms. The van der Waals surface area contributed by atoms with Crippen LogP contribution in [0.25, 0.3) is 0 Å². The molecule has 4 nitrogen and oxygen atoms in total. The van der Waals surface area contributed by atoms with Crippen LogP contribution >= 0.6 is 0 Å². The third-order valence-electron chi connectivity index (χ3n) is 4.85. The first kappa shape index (κ1) is 19.1. The van der Waals surface area contributed by atoms with Crippen molar-refractivity contribution < 1.29 is 23.0 Å². The maximum absolute atomic E-state index is 12.7. The first-order chi connectivity index (χ1) is 13.1. The number of aryl methyl sites for hydroxylation is 1. The number of carbonyl (C=O) groups excluding carboxylic acids is 1. The zero-order chi connectivity index (χ0) is 19.2. The van der Waals surface area contributed by atoms with Crippen molar-refractivity contribution in [3.8, 4) is 11.5 Å². The van der Waals surface area contributed by atoms with Gasteiger partial charge in [0.2, 0.25) is 5.91 Å². The number of nitrogens with zero attached hydrogens (tertiary/aromatic N) is 1. The first-order valence-corrected chi connectivity index (χ1v) is 9.04. The Kier molecular flexibility index (Phi) is 6.27. The van der Waals surface area contributed by atoms with Gasteiger partial charge in [-0.25, -0.2) is 0 Å². The molecule has 1 saturated heterocycles. The number of alkyl halides is 2. The lowest BCUT2D eigenvalue weighted by molar-refractivity contribution is -0.132. The lowest BCUT2D eigenvalue weighted by Gasteiger charge is -2.25. The Morgan fingerprint density at radius 3 is 2.41 bits per heavy atom. The summed E-state index contributed by atoms with van der Waals surface area (Å²) < 4.78 is 33.9. The molecule has 6 heteroatoms. The third kappa shape index (κ3) is 4.96. The van der Waals surface area contributed by atoms with Crippen LogP contribution in [0.5, 0.6) is 11.5 Å². The van der Waals surface area contributed by atoms with E-state index >= 15 is 0 Å². The molecule has 3 rings (SSSR count). The van der Waals surface area contributed by atoms with Crippen molar-refractivity contribution in [1.82, 2.24) is 4.90 Å². The minimum absolute atomic E-state index is 0.102. The van der Waals surface area contributed by atoms with Crippen molar-refractivity contribution in [2.24, 2.45) is 0 Å². The zero-order valence-corrected chi connectivity index (χ0v) is 15.2. The SMILES string of the molecule is COc1ccc(C2CCCN2C(=O)CCc2ccc(OC(F)F)cc2)cc1. The maximum atomic E-state index is 12.7. The normalized spacial score (nSPS) is 16.6. The predicted octanol–water partition coefficient (Wildman–Crippen LogP) is 4.59. The number of halogens is 2. The first-order valence-electron chi connectivity index (χ1n) is 9.04. The van der Waals surface area contributed by atoms with Crippen molar-refractivity contribution in [3.05, 3.63) is 59.7 Å². The summed E-state index contributed by atoms with van der Waals surface area (Å²) in [5, 5.41) is 0. The fraction of sp³-hybridized carbons (Fsp3) is 0.381. The molecular formula is C21H23F2NO3. The Hall–Kier alpha value is -2.63. The van der Waals surface area contributed by atoms with E-state index in [2.05, 4.69) is 4.74 Å². The van der Waals surface area contributed by atoms with Crippen LogP contribution in [-0.2, 0) is 11.2 Å². The molecule has 2 aromatic rings. The second-order valence-corrected chi connectivity index (χ2v) is 6.54. The van der Waals surface area contributed by atoms with Crippen molar-refractivity contribution in [2.45, 2.75) is 38.3 Å². The van der Waals surface area contributed by atoms with Gasteiger partial charge in [-0.15, -0.1) is 0 Å². The Labute approximate surface area is 157 Å². The summed E-state index contributed by atoms with van der Waals surface area (Å²) in [5.41, 5.74) is 2.04. The highest BCUT2D eigenvalue weighted by molar-refractivity contribution is 5.77. The molecule has 1 atom stereocenters. The highest BCUT2D eigenvalue weighted by Crippen LogP contribution is 2.33. The molecule has 1 amide bonds. The second kappa shape index (κ2) is 8.84. The quantitative estimate of drug-likeness (QED) is 0.710.